The summed E-state index contributed by atoms with van der Waals surface area (Å²) < 4.78 is 5.44. The van der Waals surface area contributed by atoms with E-state index >= 15 is 0 Å². The molecule has 2 aromatic carbocycles. The summed E-state index contributed by atoms with van der Waals surface area (Å²) in [6.07, 6.45) is 2.58. The SMILES string of the molecule is COCc1cc2c(cc1Nc1ncc(Cl)c(N3C[C@@](C)(CC(=O)O)c4ccccc43)n1)CNCC2. The molecule has 0 saturated heterocycles. The van der Waals surface area contributed by atoms with Crippen LogP contribution in [0.4, 0.5) is 23.1 Å². The molecule has 0 saturated carbocycles. The van der Waals surface area contributed by atoms with E-state index in [2.05, 4.69) is 27.8 Å². The lowest BCUT2D eigenvalue weighted by atomic mass is 9.81. The van der Waals surface area contributed by atoms with Crippen LogP contribution in [-0.2, 0) is 34.5 Å². The van der Waals surface area contributed by atoms with Crippen LogP contribution in [-0.4, -0.2) is 41.2 Å². The monoisotopic (exact) mass is 493 g/mol. The molecule has 182 valence electrons. The maximum Gasteiger partial charge on any atom is 0.304 e. The third-order valence-electron chi connectivity index (χ3n) is 6.73. The average molecular weight is 494 g/mol. The largest absolute Gasteiger partial charge is 0.481 e. The number of methoxy groups -OCH3 is 1. The molecule has 2 aliphatic rings. The van der Waals surface area contributed by atoms with Gasteiger partial charge in [-0.2, -0.15) is 4.98 Å². The first-order valence-corrected chi connectivity index (χ1v) is 12.0. The van der Waals surface area contributed by atoms with Crippen LogP contribution < -0.4 is 15.5 Å². The molecule has 9 heteroatoms. The van der Waals surface area contributed by atoms with Crippen molar-refractivity contribution in [2.45, 2.75) is 38.3 Å². The standard InChI is InChI=1S/C26H28ClN5O3/c1-26(11-23(33)34)15-32(22-6-4-3-5-19(22)26)24-20(27)13-29-25(31-24)30-21-10-17-12-28-8-7-16(17)9-18(21)14-35-2/h3-6,9-10,13,28H,7-8,11-12,14-15H2,1-2H3,(H,33,34)(H,29,30,31)/t26-/m1/s1. The summed E-state index contributed by atoms with van der Waals surface area (Å²) in [6.45, 7) is 4.67. The maximum absolute atomic E-state index is 11.6. The number of hydrogen-bond acceptors (Lipinski definition) is 7. The number of hydrogen-bond donors (Lipinski definition) is 3. The number of rotatable bonds is 7. The summed E-state index contributed by atoms with van der Waals surface area (Å²) in [5.74, 6) is 0.112. The molecule has 0 aliphatic carbocycles. The number of fused-ring (bicyclic) bond motifs is 2. The van der Waals surface area contributed by atoms with Crippen LogP contribution in [0.25, 0.3) is 0 Å². The molecule has 35 heavy (non-hydrogen) atoms. The molecule has 0 unspecified atom stereocenters. The average Bonchev–Trinajstić information content (AvgIpc) is 3.12. The Balaban J connectivity index is 1.51. The van der Waals surface area contributed by atoms with Gasteiger partial charge in [-0.25, -0.2) is 4.98 Å². The summed E-state index contributed by atoms with van der Waals surface area (Å²) in [5.41, 5.74) is 5.80. The summed E-state index contributed by atoms with van der Waals surface area (Å²) in [5, 5.41) is 16.7. The van der Waals surface area contributed by atoms with Crippen molar-refractivity contribution < 1.29 is 14.6 Å². The highest BCUT2D eigenvalue weighted by Crippen LogP contribution is 2.47. The van der Waals surface area contributed by atoms with Crippen molar-refractivity contribution in [2.24, 2.45) is 0 Å². The van der Waals surface area contributed by atoms with Crippen LogP contribution in [0.2, 0.25) is 5.02 Å². The Morgan fingerprint density at radius 3 is 2.94 bits per heavy atom. The van der Waals surface area contributed by atoms with E-state index < -0.39 is 11.4 Å². The lowest BCUT2D eigenvalue weighted by Gasteiger charge is -2.25. The van der Waals surface area contributed by atoms with E-state index in [1.807, 2.05) is 36.1 Å². The van der Waals surface area contributed by atoms with Crippen LogP contribution >= 0.6 is 11.6 Å². The van der Waals surface area contributed by atoms with Crippen LogP contribution in [0.5, 0.6) is 0 Å². The van der Waals surface area contributed by atoms with Gasteiger partial charge >= 0.3 is 5.97 Å². The number of carboxylic acid groups (broad SMARTS) is 1. The van der Waals surface area contributed by atoms with Crippen molar-refractivity contribution in [3.63, 3.8) is 0 Å². The molecule has 8 nitrogen and oxygen atoms in total. The molecule has 5 rings (SSSR count). The minimum absolute atomic E-state index is 0.0118. The van der Waals surface area contributed by atoms with Crippen molar-refractivity contribution in [3.05, 3.63) is 69.9 Å². The molecule has 2 aliphatic heterocycles. The van der Waals surface area contributed by atoms with E-state index in [0.717, 1.165) is 42.0 Å². The Labute approximate surface area is 209 Å². The summed E-state index contributed by atoms with van der Waals surface area (Å²) >= 11 is 6.58. The molecular weight excluding hydrogens is 466 g/mol. The Morgan fingerprint density at radius 1 is 1.31 bits per heavy atom. The number of carbonyl (C=O) groups is 1. The fourth-order valence-electron chi connectivity index (χ4n) is 5.12. The molecule has 3 N–H and O–H groups in total. The van der Waals surface area contributed by atoms with Crippen molar-refractivity contribution in [1.82, 2.24) is 15.3 Å². The zero-order valence-corrected chi connectivity index (χ0v) is 20.5. The molecule has 3 aromatic rings. The van der Waals surface area contributed by atoms with Gasteiger partial charge in [-0.3, -0.25) is 4.79 Å². The molecule has 1 atom stereocenters. The second-order valence-corrected chi connectivity index (χ2v) is 9.77. The van der Waals surface area contributed by atoms with Gasteiger partial charge < -0.3 is 25.4 Å². The third-order valence-corrected chi connectivity index (χ3v) is 7.00. The number of aliphatic carboxylic acids is 1. The van der Waals surface area contributed by atoms with Crippen LogP contribution in [0.15, 0.2) is 42.6 Å². The molecule has 0 radical (unpaired) electrons. The lowest BCUT2D eigenvalue weighted by Crippen LogP contribution is -2.31. The number of ether oxygens (including phenoxy) is 1. The maximum atomic E-state index is 11.6. The normalized spacial score (nSPS) is 18.8. The molecule has 0 fully saturated rings. The molecule has 0 bridgehead atoms. The minimum Gasteiger partial charge on any atom is -0.481 e. The smallest absolute Gasteiger partial charge is 0.304 e. The number of nitrogens with zero attached hydrogens (tertiary/aromatic N) is 3. The van der Waals surface area contributed by atoms with Crippen LogP contribution in [0.3, 0.4) is 0 Å². The number of carboxylic acids is 1. The Bertz CT molecular complexity index is 1280. The van der Waals surface area contributed by atoms with Gasteiger partial charge in [0.2, 0.25) is 5.95 Å². The second-order valence-electron chi connectivity index (χ2n) is 9.36. The second kappa shape index (κ2) is 9.45. The van der Waals surface area contributed by atoms with Crippen LogP contribution in [0, 0.1) is 0 Å². The number of aromatic nitrogens is 2. The van der Waals surface area contributed by atoms with Crippen molar-refractivity contribution in [1.29, 1.82) is 0 Å². The van der Waals surface area contributed by atoms with Crippen molar-refractivity contribution >= 4 is 40.7 Å². The van der Waals surface area contributed by atoms with Gasteiger partial charge in [-0.15, -0.1) is 0 Å². The molecular formula is C26H28ClN5O3. The first-order chi connectivity index (χ1) is 16.9. The predicted octanol–water partition coefficient (Wildman–Crippen LogP) is 4.55. The Morgan fingerprint density at radius 2 is 2.14 bits per heavy atom. The van der Waals surface area contributed by atoms with Gasteiger partial charge in [0.25, 0.3) is 0 Å². The molecule has 0 spiro atoms. The van der Waals surface area contributed by atoms with Gasteiger partial charge in [0.05, 0.1) is 19.2 Å². The number of benzene rings is 2. The first kappa shape index (κ1) is 23.5. The van der Waals surface area contributed by atoms with E-state index in [0.29, 0.717) is 29.9 Å². The van der Waals surface area contributed by atoms with E-state index in [4.69, 9.17) is 21.3 Å². The van der Waals surface area contributed by atoms with Crippen molar-refractivity contribution in [2.75, 3.05) is 30.4 Å². The summed E-state index contributed by atoms with van der Waals surface area (Å²) in [7, 11) is 1.68. The quantitative estimate of drug-likeness (QED) is 0.441. The highest BCUT2D eigenvalue weighted by molar-refractivity contribution is 6.33. The predicted molar refractivity (Wildman–Crippen MR) is 136 cm³/mol. The number of nitrogens with one attached hydrogen (secondary N) is 2. The van der Waals surface area contributed by atoms with Gasteiger partial charge in [-0.1, -0.05) is 42.8 Å². The topological polar surface area (TPSA) is 99.6 Å². The third kappa shape index (κ3) is 4.57. The molecule has 3 heterocycles. The van der Waals surface area contributed by atoms with Gasteiger partial charge in [0.1, 0.15) is 5.02 Å². The van der Waals surface area contributed by atoms with Gasteiger partial charge in [0.15, 0.2) is 5.82 Å². The zero-order chi connectivity index (χ0) is 24.6. The first-order valence-electron chi connectivity index (χ1n) is 11.6. The number of halogens is 1. The van der Waals surface area contributed by atoms with Gasteiger partial charge in [0, 0.05) is 42.6 Å². The van der Waals surface area contributed by atoms with E-state index in [9.17, 15) is 9.90 Å². The van der Waals surface area contributed by atoms with Crippen molar-refractivity contribution in [3.8, 4) is 0 Å². The van der Waals surface area contributed by atoms with E-state index in [1.54, 1.807) is 13.3 Å². The highest BCUT2D eigenvalue weighted by Gasteiger charge is 2.42. The Kier molecular flexibility index (Phi) is 6.35. The number of anilines is 4. The Hall–Kier alpha value is -3.20. The highest BCUT2D eigenvalue weighted by atomic mass is 35.5. The molecule has 0 amide bonds. The van der Waals surface area contributed by atoms with E-state index in [-0.39, 0.29) is 6.42 Å². The van der Waals surface area contributed by atoms with Crippen LogP contribution in [0.1, 0.15) is 35.6 Å². The fourth-order valence-corrected chi connectivity index (χ4v) is 5.31. The number of para-hydroxylation sites is 1. The summed E-state index contributed by atoms with van der Waals surface area (Å²) in [6, 6.07) is 12.1. The van der Waals surface area contributed by atoms with E-state index in [1.165, 1.54) is 11.1 Å². The summed E-state index contributed by atoms with van der Waals surface area (Å²) in [4.78, 5) is 22.8. The minimum atomic E-state index is -0.840. The zero-order valence-electron chi connectivity index (χ0n) is 19.8. The molecule has 1 aromatic heterocycles. The fraction of sp³-hybridized carbons (Fsp3) is 0.346. The van der Waals surface area contributed by atoms with Gasteiger partial charge in [-0.05, 0) is 41.8 Å². The lowest BCUT2D eigenvalue weighted by molar-refractivity contribution is -0.138.